The lowest BCUT2D eigenvalue weighted by Crippen LogP contribution is -2.20. The lowest BCUT2D eigenvalue weighted by molar-refractivity contribution is 0.502. The molecule has 2 heterocycles. The minimum Gasteiger partial charge on any atom is -0.346 e. The minimum atomic E-state index is 0.510. The molecule has 1 aliphatic rings. The fourth-order valence-electron chi connectivity index (χ4n) is 3.04. The van der Waals surface area contributed by atoms with Gasteiger partial charge in [-0.15, -0.1) is 0 Å². The Labute approximate surface area is 120 Å². The summed E-state index contributed by atoms with van der Waals surface area (Å²) in [5.41, 5.74) is 2.96. The molecule has 2 aromatic rings. The first-order valence-corrected chi connectivity index (χ1v) is 7.54. The molecule has 4 nitrogen and oxygen atoms in total. The van der Waals surface area contributed by atoms with Crippen LogP contribution in [0.4, 0.5) is 0 Å². The summed E-state index contributed by atoms with van der Waals surface area (Å²) in [7, 11) is 0. The molecule has 0 saturated heterocycles. The first-order valence-electron chi connectivity index (χ1n) is 7.54. The summed E-state index contributed by atoms with van der Waals surface area (Å²) in [6.45, 7) is 3.96. The molecule has 1 unspecified atom stereocenters. The molecule has 0 spiro atoms. The van der Waals surface area contributed by atoms with Gasteiger partial charge in [-0.2, -0.15) is 0 Å². The standard InChI is InChI=1S/C16H22N4/c1-2-17-15-7-4-3-6-13-10-20(11-14(13)15)12-16-18-8-5-9-19-16/h5,8-11,15,17H,2-4,6-7,12H2,1H3. The molecular formula is C16H22N4. The van der Waals surface area contributed by atoms with E-state index in [1.807, 2.05) is 6.07 Å². The highest BCUT2D eigenvalue weighted by Crippen LogP contribution is 2.29. The third-order valence-electron chi connectivity index (χ3n) is 3.96. The highest BCUT2D eigenvalue weighted by molar-refractivity contribution is 5.29. The van der Waals surface area contributed by atoms with Crippen LogP contribution in [-0.4, -0.2) is 21.1 Å². The molecule has 106 valence electrons. The van der Waals surface area contributed by atoms with Crippen molar-refractivity contribution in [2.75, 3.05) is 6.54 Å². The normalized spacial score (nSPS) is 18.6. The fraction of sp³-hybridized carbons (Fsp3) is 0.500. The molecule has 0 saturated carbocycles. The van der Waals surface area contributed by atoms with Crippen molar-refractivity contribution in [3.8, 4) is 0 Å². The predicted molar refractivity (Wildman–Crippen MR) is 79.5 cm³/mol. The van der Waals surface area contributed by atoms with Crippen molar-refractivity contribution in [2.45, 2.75) is 45.2 Å². The van der Waals surface area contributed by atoms with Gasteiger partial charge in [0.1, 0.15) is 5.82 Å². The SMILES string of the molecule is CCNC1CCCCc2cn(Cc3ncccn3)cc21. The zero-order chi connectivity index (χ0) is 13.8. The van der Waals surface area contributed by atoms with Gasteiger partial charge in [0.25, 0.3) is 0 Å². The summed E-state index contributed by atoms with van der Waals surface area (Å²) in [6, 6.07) is 2.37. The van der Waals surface area contributed by atoms with Crippen LogP contribution in [0.5, 0.6) is 0 Å². The molecule has 20 heavy (non-hydrogen) atoms. The number of fused-ring (bicyclic) bond motifs is 1. The molecular weight excluding hydrogens is 248 g/mol. The van der Waals surface area contributed by atoms with Gasteiger partial charge in [-0.05, 0) is 43.0 Å². The van der Waals surface area contributed by atoms with E-state index in [0.717, 1.165) is 18.9 Å². The van der Waals surface area contributed by atoms with Crippen LogP contribution in [0.2, 0.25) is 0 Å². The lowest BCUT2D eigenvalue weighted by atomic mass is 10.0. The van der Waals surface area contributed by atoms with Gasteiger partial charge in [-0.3, -0.25) is 0 Å². The zero-order valence-electron chi connectivity index (χ0n) is 12.0. The Morgan fingerprint density at radius 2 is 2.10 bits per heavy atom. The van der Waals surface area contributed by atoms with Gasteiger partial charge in [0.15, 0.2) is 0 Å². The number of aryl methyl sites for hydroxylation is 1. The Morgan fingerprint density at radius 3 is 2.90 bits per heavy atom. The van der Waals surface area contributed by atoms with E-state index < -0.39 is 0 Å². The van der Waals surface area contributed by atoms with Crippen molar-refractivity contribution >= 4 is 0 Å². The van der Waals surface area contributed by atoms with Gasteiger partial charge in [0.2, 0.25) is 0 Å². The highest BCUT2D eigenvalue weighted by atomic mass is 15.0. The summed E-state index contributed by atoms with van der Waals surface area (Å²) in [4.78, 5) is 8.61. The quantitative estimate of drug-likeness (QED) is 0.869. The third-order valence-corrected chi connectivity index (χ3v) is 3.96. The zero-order valence-corrected chi connectivity index (χ0v) is 12.0. The summed E-state index contributed by atoms with van der Waals surface area (Å²) in [5.74, 6) is 0.873. The Hall–Kier alpha value is -1.68. The van der Waals surface area contributed by atoms with Crippen LogP contribution in [-0.2, 0) is 13.0 Å². The molecule has 0 fully saturated rings. The summed E-state index contributed by atoms with van der Waals surface area (Å²) in [5, 5.41) is 3.61. The second-order valence-electron chi connectivity index (χ2n) is 5.43. The van der Waals surface area contributed by atoms with Crippen LogP contribution in [0.15, 0.2) is 30.9 Å². The molecule has 0 amide bonds. The second kappa shape index (κ2) is 6.18. The van der Waals surface area contributed by atoms with E-state index in [1.54, 1.807) is 12.4 Å². The third kappa shape index (κ3) is 2.90. The van der Waals surface area contributed by atoms with Crippen LogP contribution in [0.3, 0.4) is 0 Å². The number of hydrogen-bond donors (Lipinski definition) is 1. The Bertz CT molecular complexity index is 547. The van der Waals surface area contributed by atoms with Crippen molar-refractivity contribution in [1.82, 2.24) is 19.9 Å². The topological polar surface area (TPSA) is 42.7 Å². The van der Waals surface area contributed by atoms with Crippen molar-refractivity contribution in [1.29, 1.82) is 0 Å². The van der Waals surface area contributed by atoms with E-state index in [2.05, 4.69) is 39.2 Å². The summed E-state index contributed by atoms with van der Waals surface area (Å²) < 4.78 is 2.23. The fourth-order valence-corrected chi connectivity index (χ4v) is 3.04. The van der Waals surface area contributed by atoms with Crippen molar-refractivity contribution in [3.63, 3.8) is 0 Å². The number of rotatable bonds is 4. The average Bonchev–Trinajstić information content (AvgIpc) is 2.77. The Kier molecular flexibility index (Phi) is 4.11. The summed E-state index contributed by atoms with van der Waals surface area (Å²) >= 11 is 0. The van der Waals surface area contributed by atoms with E-state index in [0.29, 0.717) is 6.04 Å². The number of nitrogens with zero attached hydrogens (tertiary/aromatic N) is 3. The van der Waals surface area contributed by atoms with Crippen LogP contribution in [0.1, 0.15) is 49.2 Å². The molecule has 0 aliphatic heterocycles. The first-order chi connectivity index (χ1) is 9.86. The summed E-state index contributed by atoms with van der Waals surface area (Å²) in [6.07, 6.45) is 13.2. The maximum atomic E-state index is 4.31. The highest BCUT2D eigenvalue weighted by Gasteiger charge is 2.19. The Balaban J connectivity index is 1.83. The van der Waals surface area contributed by atoms with Crippen LogP contribution >= 0.6 is 0 Å². The van der Waals surface area contributed by atoms with Gasteiger partial charge in [-0.1, -0.05) is 13.3 Å². The monoisotopic (exact) mass is 270 g/mol. The molecule has 0 aromatic carbocycles. The van der Waals surface area contributed by atoms with E-state index in [9.17, 15) is 0 Å². The molecule has 0 bridgehead atoms. The number of aromatic nitrogens is 3. The van der Waals surface area contributed by atoms with Crippen molar-refractivity contribution in [2.24, 2.45) is 0 Å². The lowest BCUT2D eigenvalue weighted by Gasteiger charge is -2.15. The maximum Gasteiger partial charge on any atom is 0.147 e. The van der Waals surface area contributed by atoms with E-state index in [-0.39, 0.29) is 0 Å². The molecule has 3 rings (SSSR count). The smallest absolute Gasteiger partial charge is 0.147 e. The minimum absolute atomic E-state index is 0.510. The van der Waals surface area contributed by atoms with E-state index in [4.69, 9.17) is 0 Å². The Morgan fingerprint density at radius 1 is 1.25 bits per heavy atom. The van der Waals surface area contributed by atoms with Crippen LogP contribution in [0, 0.1) is 0 Å². The second-order valence-corrected chi connectivity index (χ2v) is 5.43. The largest absolute Gasteiger partial charge is 0.346 e. The van der Waals surface area contributed by atoms with Crippen LogP contribution < -0.4 is 5.32 Å². The molecule has 1 aliphatic carbocycles. The van der Waals surface area contributed by atoms with E-state index in [1.165, 1.54) is 36.8 Å². The van der Waals surface area contributed by atoms with Crippen LogP contribution in [0.25, 0.3) is 0 Å². The van der Waals surface area contributed by atoms with Crippen molar-refractivity contribution in [3.05, 3.63) is 47.8 Å². The van der Waals surface area contributed by atoms with Gasteiger partial charge >= 0.3 is 0 Å². The molecule has 0 radical (unpaired) electrons. The van der Waals surface area contributed by atoms with E-state index >= 15 is 0 Å². The van der Waals surface area contributed by atoms with Gasteiger partial charge in [0, 0.05) is 30.8 Å². The van der Waals surface area contributed by atoms with Gasteiger partial charge < -0.3 is 9.88 Å². The van der Waals surface area contributed by atoms with Crippen molar-refractivity contribution < 1.29 is 0 Å². The molecule has 1 N–H and O–H groups in total. The maximum absolute atomic E-state index is 4.31. The number of nitrogens with one attached hydrogen (secondary N) is 1. The average molecular weight is 270 g/mol. The first kappa shape index (κ1) is 13.3. The molecule has 4 heteroatoms. The molecule has 1 atom stereocenters. The predicted octanol–water partition coefficient (Wildman–Crippen LogP) is 2.70. The van der Waals surface area contributed by atoms with Gasteiger partial charge in [0.05, 0.1) is 6.54 Å². The molecule has 2 aromatic heterocycles. The number of hydrogen-bond acceptors (Lipinski definition) is 3. The van der Waals surface area contributed by atoms with Gasteiger partial charge in [-0.25, -0.2) is 9.97 Å².